The second-order valence-corrected chi connectivity index (χ2v) is 5.65. The number of carbonyl (C=O) groups is 1. The normalized spacial score (nSPS) is 19.4. The summed E-state index contributed by atoms with van der Waals surface area (Å²) in [7, 11) is 0. The lowest BCUT2D eigenvalue weighted by molar-refractivity contribution is -0.132. The molecule has 0 radical (unpaired) electrons. The molecule has 1 saturated heterocycles. The summed E-state index contributed by atoms with van der Waals surface area (Å²) in [4.78, 5) is 14.1. The van der Waals surface area contributed by atoms with Gasteiger partial charge in [-0.1, -0.05) is 30.3 Å². The lowest BCUT2D eigenvalue weighted by atomic mass is 9.99. The summed E-state index contributed by atoms with van der Waals surface area (Å²) in [5.41, 5.74) is 1.31. The molecule has 0 N–H and O–H groups in total. The van der Waals surface area contributed by atoms with Crippen LogP contribution in [0.4, 0.5) is 0 Å². The van der Waals surface area contributed by atoms with Crippen molar-refractivity contribution in [3.05, 3.63) is 35.9 Å². The molecule has 1 atom stereocenters. The zero-order chi connectivity index (χ0) is 13.5. The number of piperidine rings is 1. The molecule has 1 aromatic rings. The van der Waals surface area contributed by atoms with E-state index in [-0.39, 0.29) is 0 Å². The number of nitrogens with zero attached hydrogens (tertiary/aromatic N) is 1. The van der Waals surface area contributed by atoms with Gasteiger partial charge in [-0.2, -0.15) is 0 Å². The van der Waals surface area contributed by atoms with Crippen LogP contribution in [0.5, 0.6) is 0 Å². The van der Waals surface area contributed by atoms with Crippen LogP contribution in [-0.4, -0.2) is 29.8 Å². The smallest absolute Gasteiger partial charge is 0.222 e. The average molecular weight is 280 g/mol. The molecule has 1 unspecified atom stereocenters. The Hall–Kier alpha value is -1.02. The lowest BCUT2D eigenvalue weighted by Crippen LogP contribution is -2.40. The van der Waals surface area contributed by atoms with Gasteiger partial charge >= 0.3 is 0 Å². The Morgan fingerprint density at radius 2 is 2.11 bits per heavy atom. The van der Waals surface area contributed by atoms with Gasteiger partial charge in [-0.05, 0) is 37.2 Å². The van der Waals surface area contributed by atoms with Crippen LogP contribution in [0.2, 0.25) is 0 Å². The number of alkyl halides is 1. The van der Waals surface area contributed by atoms with Crippen LogP contribution >= 0.6 is 11.6 Å². The third kappa shape index (κ3) is 4.54. The molecule has 1 aliphatic rings. The fourth-order valence-electron chi connectivity index (χ4n) is 2.66. The third-order valence-electron chi connectivity index (χ3n) is 3.79. The van der Waals surface area contributed by atoms with E-state index < -0.39 is 0 Å². The van der Waals surface area contributed by atoms with Crippen molar-refractivity contribution >= 4 is 17.5 Å². The van der Waals surface area contributed by atoms with Gasteiger partial charge in [0.05, 0.1) is 0 Å². The Balaban J connectivity index is 1.72. The van der Waals surface area contributed by atoms with Crippen LogP contribution in [0.25, 0.3) is 0 Å². The Morgan fingerprint density at radius 1 is 1.32 bits per heavy atom. The monoisotopic (exact) mass is 279 g/mol. The second-order valence-electron chi connectivity index (χ2n) is 5.34. The van der Waals surface area contributed by atoms with Crippen LogP contribution in [0.15, 0.2) is 30.3 Å². The molecular formula is C16H22ClNO. The summed E-state index contributed by atoms with van der Waals surface area (Å²) in [6, 6.07) is 10.4. The Bertz CT molecular complexity index is 393. The van der Waals surface area contributed by atoms with Crippen molar-refractivity contribution in [2.24, 2.45) is 5.92 Å². The van der Waals surface area contributed by atoms with Crippen LogP contribution in [0.1, 0.15) is 31.2 Å². The van der Waals surface area contributed by atoms with Gasteiger partial charge in [0.25, 0.3) is 0 Å². The number of rotatable bonds is 5. The molecule has 2 nitrogen and oxygen atoms in total. The molecule has 3 heteroatoms. The van der Waals surface area contributed by atoms with Crippen molar-refractivity contribution < 1.29 is 4.79 Å². The number of halogens is 1. The Kier molecular flexibility index (Phi) is 5.71. The topological polar surface area (TPSA) is 20.3 Å². The number of aryl methyl sites for hydroxylation is 1. The molecule has 19 heavy (non-hydrogen) atoms. The maximum atomic E-state index is 12.1. The SMILES string of the molecule is O=C(CCCc1ccccc1)N1CCCC(CCl)C1. The van der Waals surface area contributed by atoms with Crippen LogP contribution in [0, 0.1) is 5.92 Å². The van der Waals surface area contributed by atoms with Gasteiger partial charge in [0.2, 0.25) is 5.91 Å². The summed E-state index contributed by atoms with van der Waals surface area (Å²) in [6.45, 7) is 1.77. The van der Waals surface area contributed by atoms with E-state index in [1.165, 1.54) is 5.56 Å². The quantitative estimate of drug-likeness (QED) is 0.756. The molecule has 1 fully saturated rings. The standard InChI is InChI=1S/C16H22ClNO/c17-12-15-9-5-11-18(13-15)16(19)10-4-8-14-6-2-1-3-7-14/h1-3,6-7,15H,4-5,8-13H2. The highest BCUT2D eigenvalue weighted by molar-refractivity contribution is 6.18. The van der Waals surface area contributed by atoms with E-state index in [4.69, 9.17) is 11.6 Å². The molecule has 0 spiro atoms. The zero-order valence-corrected chi connectivity index (χ0v) is 12.1. The average Bonchev–Trinajstić information content (AvgIpc) is 2.48. The van der Waals surface area contributed by atoms with E-state index in [1.807, 2.05) is 23.1 Å². The highest BCUT2D eigenvalue weighted by Crippen LogP contribution is 2.18. The van der Waals surface area contributed by atoms with Gasteiger partial charge < -0.3 is 4.90 Å². The molecule has 1 heterocycles. The molecule has 1 aliphatic heterocycles. The van der Waals surface area contributed by atoms with Crippen molar-refractivity contribution in [3.63, 3.8) is 0 Å². The number of carbonyl (C=O) groups excluding carboxylic acids is 1. The molecule has 0 bridgehead atoms. The van der Waals surface area contributed by atoms with Crippen molar-refractivity contribution in [3.8, 4) is 0 Å². The largest absolute Gasteiger partial charge is 0.342 e. The van der Waals surface area contributed by atoms with Crippen LogP contribution in [0.3, 0.4) is 0 Å². The fourth-order valence-corrected chi connectivity index (χ4v) is 2.92. The first kappa shape index (κ1) is 14.4. The maximum Gasteiger partial charge on any atom is 0.222 e. The van der Waals surface area contributed by atoms with E-state index in [9.17, 15) is 4.79 Å². The van der Waals surface area contributed by atoms with E-state index in [1.54, 1.807) is 0 Å². The molecule has 0 aliphatic carbocycles. The number of likely N-dealkylation sites (tertiary alicyclic amines) is 1. The maximum absolute atomic E-state index is 12.1. The van der Waals surface area contributed by atoms with Gasteiger partial charge in [0.15, 0.2) is 0 Å². The third-order valence-corrected chi connectivity index (χ3v) is 4.23. The summed E-state index contributed by atoms with van der Waals surface area (Å²) in [5.74, 6) is 1.47. The van der Waals surface area contributed by atoms with E-state index in [2.05, 4.69) is 12.1 Å². The predicted octanol–water partition coefficient (Wildman–Crippen LogP) is 3.49. The molecular weight excluding hydrogens is 258 g/mol. The van der Waals surface area contributed by atoms with Crippen LogP contribution in [-0.2, 0) is 11.2 Å². The van der Waals surface area contributed by atoms with E-state index in [0.29, 0.717) is 24.1 Å². The van der Waals surface area contributed by atoms with Crippen LogP contribution < -0.4 is 0 Å². The van der Waals surface area contributed by atoms with E-state index in [0.717, 1.165) is 38.8 Å². The first-order valence-corrected chi connectivity index (χ1v) is 7.70. The minimum absolute atomic E-state index is 0.297. The number of hydrogen-bond acceptors (Lipinski definition) is 1. The molecule has 0 aromatic heterocycles. The van der Waals surface area contributed by atoms with Crippen molar-refractivity contribution in [1.82, 2.24) is 4.90 Å². The summed E-state index contributed by atoms with van der Waals surface area (Å²) in [6.07, 6.45) is 4.84. The summed E-state index contributed by atoms with van der Waals surface area (Å²) >= 11 is 5.90. The summed E-state index contributed by atoms with van der Waals surface area (Å²) < 4.78 is 0. The van der Waals surface area contributed by atoms with Crippen molar-refractivity contribution in [2.75, 3.05) is 19.0 Å². The Labute approximate surface area is 120 Å². The fraction of sp³-hybridized carbons (Fsp3) is 0.562. The van der Waals surface area contributed by atoms with Crippen molar-refractivity contribution in [2.45, 2.75) is 32.1 Å². The van der Waals surface area contributed by atoms with Gasteiger partial charge in [-0.25, -0.2) is 0 Å². The molecule has 104 valence electrons. The first-order chi connectivity index (χ1) is 9.29. The Morgan fingerprint density at radius 3 is 2.84 bits per heavy atom. The van der Waals surface area contributed by atoms with Crippen molar-refractivity contribution in [1.29, 1.82) is 0 Å². The molecule has 2 rings (SSSR count). The zero-order valence-electron chi connectivity index (χ0n) is 11.4. The molecule has 0 saturated carbocycles. The van der Waals surface area contributed by atoms with Gasteiger partial charge in [-0.15, -0.1) is 11.6 Å². The summed E-state index contributed by atoms with van der Waals surface area (Å²) in [5, 5.41) is 0. The number of benzene rings is 1. The first-order valence-electron chi connectivity index (χ1n) is 7.17. The van der Waals surface area contributed by atoms with E-state index >= 15 is 0 Å². The van der Waals surface area contributed by atoms with Gasteiger partial charge in [0, 0.05) is 25.4 Å². The molecule has 1 aromatic carbocycles. The highest BCUT2D eigenvalue weighted by Gasteiger charge is 2.22. The number of hydrogen-bond donors (Lipinski definition) is 0. The molecule has 1 amide bonds. The van der Waals surface area contributed by atoms with Gasteiger partial charge in [0.1, 0.15) is 0 Å². The van der Waals surface area contributed by atoms with Gasteiger partial charge in [-0.3, -0.25) is 4.79 Å². The predicted molar refractivity (Wildman–Crippen MR) is 79.4 cm³/mol. The second kappa shape index (κ2) is 7.54. The minimum atomic E-state index is 0.297. The lowest BCUT2D eigenvalue weighted by Gasteiger charge is -2.31. The minimum Gasteiger partial charge on any atom is -0.342 e. The highest BCUT2D eigenvalue weighted by atomic mass is 35.5. The number of amides is 1.